The quantitative estimate of drug-likeness (QED) is 0.725. The van der Waals surface area contributed by atoms with Gasteiger partial charge in [0.05, 0.1) is 5.69 Å². The van der Waals surface area contributed by atoms with E-state index in [1.54, 1.807) is 24.4 Å². The van der Waals surface area contributed by atoms with Gasteiger partial charge in [0.25, 0.3) is 0 Å². The van der Waals surface area contributed by atoms with Crippen LogP contribution in [0.15, 0.2) is 58.0 Å². The van der Waals surface area contributed by atoms with Gasteiger partial charge in [0, 0.05) is 10.7 Å². The third-order valence-corrected chi connectivity index (χ3v) is 2.60. The SMILES string of the molecule is Fc1ccccc1N=Cc1ccc(Br)cc1. The van der Waals surface area contributed by atoms with Crippen molar-refractivity contribution in [2.24, 2.45) is 4.99 Å². The van der Waals surface area contributed by atoms with Gasteiger partial charge in [-0.15, -0.1) is 0 Å². The average molecular weight is 278 g/mol. The third kappa shape index (κ3) is 2.76. The second-order valence-electron chi connectivity index (χ2n) is 3.26. The van der Waals surface area contributed by atoms with Crippen molar-refractivity contribution >= 4 is 27.8 Å². The van der Waals surface area contributed by atoms with Crippen LogP contribution in [0, 0.1) is 5.82 Å². The van der Waals surface area contributed by atoms with Crippen LogP contribution in [0.1, 0.15) is 5.56 Å². The highest BCUT2D eigenvalue weighted by Crippen LogP contribution is 2.16. The topological polar surface area (TPSA) is 12.4 Å². The predicted molar refractivity (Wildman–Crippen MR) is 67.8 cm³/mol. The molecule has 0 atom stereocenters. The molecule has 80 valence electrons. The molecule has 3 heteroatoms. The molecule has 0 aliphatic carbocycles. The molecule has 0 saturated carbocycles. The highest BCUT2D eigenvalue weighted by Gasteiger charge is 1.96. The first kappa shape index (κ1) is 11.0. The fraction of sp³-hybridized carbons (Fsp3) is 0. The van der Waals surface area contributed by atoms with Gasteiger partial charge in [0.2, 0.25) is 0 Å². The van der Waals surface area contributed by atoms with Gasteiger partial charge in [-0.3, -0.25) is 4.99 Å². The van der Waals surface area contributed by atoms with Crippen LogP contribution in [0.4, 0.5) is 10.1 Å². The van der Waals surface area contributed by atoms with Crippen LogP contribution in [0.5, 0.6) is 0 Å². The summed E-state index contributed by atoms with van der Waals surface area (Å²) in [5.41, 5.74) is 1.29. The molecule has 0 N–H and O–H groups in total. The zero-order chi connectivity index (χ0) is 11.4. The molecule has 0 bridgehead atoms. The molecule has 0 saturated heterocycles. The average Bonchev–Trinajstić information content (AvgIpc) is 2.30. The summed E-state index contributed by atoms with van der Waals surface area (Å²) in [6.45, 7) is 0. The molecule has 0 fully saturated rings. The molecule has 0 spiro atoms. The minimum absolute atomic E-state index is 0.309. The molecule has 0 aromatic heterocycles. The first-order valence-electron chi connectivity index (χ1n) is 4.80. The van der Waals surface area contributed by atoms with Gasteiger partial charge in [-0.2, -0.15) is 0 Å². The van der Waals surface area contributed by atoms with Crippen molar-refractivity contribution in [2.45, 2.75) is 0 Å². The Hall–Kier alpha value is -1.48. The lowest BCUT2D eigenvalue weighted by Gasteiger charge is -1.96. The van der Waals surface area contributed by atoms with E-state index in [0.717, 1.165) is 10.0 Å². The van der Waals surface area contributed by atoms with Crippen molar-refractivity contribution in [3.05, 3.63) is 64.4 Å². The van der Waals surface area contributed by atoms with Crippen LogP contribution < -0.4 is 0 Å². The Kier molecular flexibility index (Phi) is 3.47. The number of rotatable bonds is 2. The molecule has 16 heavy (non-hydrogen) atoms. The monoisotopic (exact) mass is 277 g/mol. The van der Waals surface area contributed by atoms with Crippen molar-refractivity contribution in [3.8, 4) is 0 Å². The smallest absolute Gasteiger partial charge is 0.148 e. The van der Waals surface area contributed by atoms with E-state index in [4.69, 9.17) is 0 Å². The highest BCUT2D eigenvalue weighted by molar-refractivity contribution is 9.10. The van der Waals surface area contributed by atoms with Crippen LogP contribution in [0.3, 0.4) is 0 Å². The molecular weight excluding hydrogens is 269 g/mol. The summed E-state index contributed by atoms with van der Waals surface area (Å²) in [6, 6.07) is 14.1. The number of nitrogens with zero attached hydrogens (tertiary/aromatic N) is 1. The number of benzene rings is 2. The maximum atomic E-state index is 13.2. The van der Waals surface area contributed by atoms with E-state index in [2.05, 4.69) is 20.9 Å². The summed E-state index contributed by atoms with van der Waals surface area (Å²) in [7, 11) is 0. The molecule has 0 unspecified atom stereocenters. The Bertz CT molecular complexity index is 506. The van der Waals surface area contributed by atoms with Crippen molar-refractivity contribution in [3.63, 3.8) is 0 Å². The Morgan fingerprint density at radius 1 is 1.00 bits per heavy atom. The summed E-state index contributed by atoms with van der Waals surface area (Å²) in [5, 5.41) is 0. The highest BCUT2D eigenvalue weighted by atomic mass is 79.9. The van der Waals surface area contributed by atoms with Crippen LogP contribution in [0.25, 0.3) is 0 Å². The van der Waals surface area contributed by atoms with Gasteiger partial charge in [-0.1, -0.05) is 40.2 Å². The maximum absolute atomic E-state index is 13.2. The third-order valence-electron chi connectivity index (χ3n) is 2.08. The van der Waals surface area contributed by atoms with Gasteiger partial charge < -0.3 is 0 Å². The number of halogens is 2. The minimum atomic E-state index is -0.309. The Morgan fingerprint density at radius 2 is 1.69 bits per heavy atom. The van der Waals surface area contributed by atoms with Gasteiger partial charge >= 0.3 is 0 Å². The van der Waals surface area contributed by atoms with Crippen molar-refractivity contribution < 1.29 is 4.39 Å². The minimum Gasteiger partial charge on any atom is -0.253 e. The molecule has 0 aliphatic rings. The van der Waals surface area contributed by atoms with E-state index >= 15 is 0 Å². The van der Waals surface area contributed by atoms with E-state index < -0.39 is 0 Å². The Balaban J connectivity index is 2.21. The lowest BCUT2D eigenvalue weighted by molar-refractivity contribution is 0.630. The van der Waals surface area contributed by atoms with Crippen LogP contribution in [-0.4, -0.2) is 6.21 Å². The second-order valence-corrected chi connectivity index (χ2v) is 4.18. The van der Waals surface area contributed by atoms with Crippen molar-refractivity contribution in [1.29, 1.82) is 0 Å². The normalized spacial score (nSPS) is 10.9. The summed E-state index contributed by atoms with van der Waals surface area (Å²) in [6.07, 6.45) is 1.64. The molecule has 2 aromatic rings. The molecular formula is C13H9BrFN. The van der Waals surface area contributed by atoms with E-state index in [1.807, 2.05) is 24.3 Å². The molecule has 2 rings (SSSR count). The van der Waals surface area contributed by atoms with Crippen LogP contribution in [0.2, 0.25) is 0 Å². The van der Waals surface area contributed by atoms with Gasteiger partial charge in [0.15, 0.2) is 0 Å². The van der Waals surface area contributed by atoms with Crippen molar-refractivity contribution in [2.75, 3.05) is 0 Å². The van der Waals surface area contributed by atoms with Crippen LogP contribution in [-0.2, 0) is 0 Å². The largest absolute Gasteiger partial charge is 0.253 e. The first-order chi connectivity index (χ1) is 7.75. The summed E-state index contributed by atoms with van der Waals surface area (Å²) in [4.78, 5) is 4.09. The van der Waals surface area contributed by atoms with E-state index in [0.29, 0.717) is 5.69 Å². The molecule has 0 heterocycles. The Morgan fingerprint density at radius 3 is 2.38 bits per heavy atom. The Labute approximate surface area is 102 Å². The number of hydrogen-bond donors (Lipinski definition) is 0. The molecule has 0 radical (unpaired) electrons. The predicted octanol–water partition coefficient (Wildman–Crippen LogP) is 4.34. The van der Waals surface area contributed by atoms with E-state index in [1.165, 1.54) is 6.07 Å². The summed E-state index contributed by atoms with van der Waals surface area (Å²) < 4.78 is 14.2. The van der Waals surface area contributed by atoms with Gasteiger partial charge in [0.1, 0.15) is 5.82 Å². The first-order valence-corrected chi connectivity index (χ1v) is 5.59. The van der Waals surface area contributed by atoms with Gasteiger partial charge in [-0.25, -0.2) is 4.39 Å². The summed E-state index contributed by atoms with van der Waals surface area (Å²) in [5.74, 6) is -0.309. The molecule has 0 amide bonds. The number of para-hydroxylation sites is 1. The van der Waals surface area contributed by atoms with Crippen LogP contribution >= 0.6 is 15.9 Å². The second kappa shape index (κ2) is 5.03. The zero-order valence-corrected chi connectivity index (χ0v) is 9.99. The number of hydrogen-bond acceptors (Lipinski definition) is 1. The van der Waals surface area contributed by atoms with E-state index in [-0.39, 0.29) is 5.82 Å². The maximum Gasteiger partial charge on any atom is 0.148 e. The fourth-order valence-corrected chi connectivity index (χ4v) is 1.51. The molecule has 2 aromatic carbocycles. The zero-order valence-electron chi connectivity index (χ0n) is 8.40. The lowest BCUT2D eigenvalue weighted by atomic mass is 10.2. The van der Waals surface area contributed by atoms with Gasteiger partial charge in [-0.05, 0) is 29.8 Å². The number of aliphatic imine (C=N–C) groups is 1. The molecule has 0 aliphatic heterocycles. The van der Waals surface area contributed by atoms with E-state index in [9.17, 15) is 4.39 Å². The van der Waals surface area contributed by atoms with Crippen molar-refractivity contribution in [1.82, 2.24) is 0 Å². The summed E-state index contributed by atoms with van der Waals surface area (Å²) >= 11 is 3.35. The lowest BCUT2D eigenvalue weighted by Crippen LogP contribution is -1.80. The standard InChI is InChI=1S/C13H9BrFN/c14-11-7-5-10(6-8-11)9-16-13-4-2-1-3-12(13)15/h1-9H. The molecule has 1 nitrogen and oxygen atoms in total. The fourth-order valence-electron chi connectivity index (χ4n) is 1.25.